The Morgan fingerprint density at radius 1 is 1.36 bits per heavy atom. The Morgan fingerprint density at radius 2 is 2.11 bits per heavy atom. The molecule has 10 heteroatoms. The van der Waals surface area contributed by atoms with Crippen LogP contribution in [0.15, 0.2) is 28.2 Å². The summed E-state index contributed by atoms with van der Waals surface area (Å²) in [4.78, 5) is 30.4. The maximum Gasteiger partial charge on any atom is 0.343 e. The van der Waals surface area contributed by atoms with Gasteiger partial charge in [0.25, 0.3) is 0 Å². The van der Waals surface area contributed by atoms with Crippen LogP contribution in [0, 0.1) is 11.2 Å². The minimum absolute atomic E-state index is 0.0833. The lowest BCUT2D eigenvalue weighted by Crippen LogP contribution is -2.25. The molecule has 1 saturated carbocycles. The van der Waals surface area contributed by atoms with Crippen LogP contribution < -0.4 is 10.2 Å². The van der Waals surface area contributed by atoms with Crippen molar-refractivity contribution in [1.29, 1.82) is 0 Å². The number of nitrogens with zero attached hydrogens (tertiary/aromatic N) is 4. The molecule has 0 spiro atoms. The third-order valence-corrected chi connectivity index (χ3v) is 8.39. The normalized spacial score (nSPS) is 18.4. The lowest BCUT2D eigenvalue weighted by molar-refractivity contribution is 0.0524. The van der Waals surface area contributed by atoms with Crippen LogP contribution in [0.1, 0.15) is 72.9 Å². The highest BCUT2D eigenvalue weighted by Gasteiger charge is 2.38. The SMILES string of the molecule is CCOC(=O)c1cn(C2CC2)c2c(OC)c(-c3cc4c(s3)C(N=[N+]=[N-])C(C)(C)CC4)c(F)cc2c1=O. The number of aromatic nitrogens is 1. The summed E-state index contributed by atoms with van der Waals surface area (Å²) in [7, 11) is 1.46. The molecular formula is C26H27FN4O4S. The number of hydrogen-bond donors (Lipinski definition) is 0. The largest absolute Gasteiger partial charge is 0.494 e. The number of fused-ring (bicyclic) bond motifs is 2. The average Bonchev–Trinajstić information content (AvgIpc) is 3.59. The Morgan fingerprint density at radius 3 is 2.75 bits per heavy atom. The molecule has 1 unspecified atom stereocenters. The number of carbonyl (C=O) groups is 1. The number of hydrogen-bond acceptors (Lipinski definition) is 6. The number of ether oxygens (including phenoxy) is 2. The number of esters is 1. The van der Waals surface area contributed by atoms with Crippen LogP contribution >= 0.6 is 11.3 Å². The number of azide groups is 1. The molecule has 36 heavy (non-hydrogen) atoms. The molecular weight excluding hydrogens is 483 g/mol. The molecule has 3 aromatic rings. The molecule has 8 nitrogen and oxygen atoms in total. The first-order valence-corrected chi connectivity index (χ1v) is 12.8. The molecule has 0 amide bonds. The summed E-state index contributed by atoms with van der Waals surface area (Å²) in [5, 5.41) is 4.16. The summed E-state index contributed by atoms with van der Waals surface area (Å²) in [6.45, 7) is 5.94. The van der Waals surface area contributed by atoms with Crippen LogP contribution in [0.2, 0.25) is 0 Å². The van der Waals surface area contributed by atoms with Crippen LogP contribution in [0.3, 0.4) is 0 Å². The van der Waals surface area contributed by atoms with Gasteiger partial charge in [-0.05, 0) is 61.2 Å². The standard InChI is InChI=1S/C26H27FN4O4S/c1-5-35-25(33)16-12-31(14-6-7-14)20-15(21(16)32)11-17(27)19(22(20)34-4)18-10-13-8-9-26(2,3)24(29-30-28)23(13)36-18/h10-12,14,24H,5-9H2,1-4H3. The quantitative estimate of drug-likeness (QED) is 0.159. The molecule has 0 saturated heterocycles. The van der Waals surface area contributed by atoms with E-state index in [9.17, 15) is 15.1 Å². The molecule has 0 aliphatic heterocycles. The number of rotatable bonds is 6. The lowest BCUT2D eigenvalue weighted by atomic mass is 9.74. The van der Waals surface area contributed by atoms with Crippen molar-refractivity contribution < 1.29 is 18.7 Å². The Labute approximate surface area is 211 Å². The van der Waals surface area contributed by atoms with E-state index in [0.29, 0.717) is 10.4 Å². The zero-order chi connectivity index (χ0) is 25.8. The highest BCUT2D eigenvalue weighted by atomic mass is 32.1. The molecule has 0 radical (unpaired) electrons. The van der Waals surface area contributed by atoms with Gasteiger partial charge < -0.3 is 14.0 Å². The highest BCUT2D eigenvalue weighted by Crippen LogP contribution is 2.52. The van der Waals surface area contributed by atoms with E-state index in [0.717, 1.165) is 36.1 Å². The van der Waals surface area contributed by atoms with Crippen molar-refractivity contribution in [2.45, 2.75) is 58.5 Å². The predicted octanol–water partition coefficient (Wildman–Crippen LogP) is 6.71. The van der Waals surface area contributed by atoms with Gasteiger partial charge in [-0.2, -0.15) is 0 Å². The van der Waals surface area contributed by atoms with E-state index >= 15 is 4.39 Å². The van der Waals surface area contributed by atoms with Gasteiger partial charge in [-0.15, -0.1) is 11.3 Å². The summed E-state index contributed by atoms with van der Waals surface area (Å²) in [6.07, 6.45) is 4.92. The third-order valence-electron chi connectivity index (χ3n) is 7.15. The maximum atomic E-state index is 15.8. The lowest BCUT2D eigenvalue weighted by Gasteiger charge is -2.35. The van der Waals surface area contributed by atoms with Crippen LogP contribution in [-0.2, 0) is 11.2 Å². The van der Waals surface area contributed by atoms with E-state index in [1.165, 1.54) is 30.7 Å². The Bertz CT molecular complexity index is 1500. The summed E-state index contributed by atoms with van der Waals surface area (Å²) in [5.74, 6) is -1.08. The van der Waals surface area contributed by atoms with Crippen LogP contribution in [0.5, 0.6) is 5.75 Å². The first-order valence-electron chi connectivity index (χ1n) is 12.0. The minimum Gasteiger partial charge on any atom is -0.494 e. The molecule has 2 aromatic heterocycles. The Kier molecular flexibility index (Phi) is 6.04. The van der Waals surface area contributed by atoms with Crippen molar-refractivity contribution in [3.63, 3.8) is 0 Å². The Balaban J connectivity index is 1.77. The van der Waals surface area contributed by atoms with Gasteiger partial charge in [0, 0.05) is 26.9 Å². The molecule has 2 aliphatic carbocycles. The van der Waals surface area contributed by atoms with E-state index in [2.05, 4.69) is 23.9 Å². The topological polar surface area (TPSA) is 106 Å². The number of methoxy groups -OCH3 is 1. The summed E-state index contributed by atoms with van der Waals surface area (Å²) in [6, 6.07) is 2.87. The van der Waals surface area contributed by atoms with Crippen molar-refractivity contribution >= 4 is 28.2 Å². The number of carbonyl (C=O) groups excluding carboxylic acids is 1. The van der Waals surface area contributed by atoms with Gasteiger partial charge in [-0.3, -0.25) is 4.79 Å². The fourth-order valence-corrected chi connectivity index (χ4v) is 6.58. The van der Waals surface area contributed by atoms with E-state index in [4.69, 9.17) is 9.47 Å². The van der Waals surface area contributed by atoms with Crippen LogP contribution in [-0.4, -0.2) is 24.3 Å². The average molecular weight is 511 g/mol. The van der Waals surface area contributed by atoms with Crippen molar-refractivity contribution in [2.24, 2.45) is 10.5 Å². The van der Waals surface area contributed by atoms with Crippen molar-refractivity contribution in [1.82, 2.24) is 4.57 Å². The van der Waals surface area contributed by atoms with E-state index in [1.807, 2.05) is 10.6 Å². The second-order valence-corrected chi connectivity index (χ2v) is 11.1. The van der Waals surface area contributed by atoms with Gasteiger partial charge in [0.15, 0.2) is 5.75 Å². The number of thiophene rings is 1. The van der Waals surface area contributed by atoms with Crippen molar-refractivity contribution in [3.8, 4) is 16.2 Å². The molecule has 5 rings (SSSR count). The molecule has 1 atom stereocenters. The molecule has 0 N–H and O–H groups in total. The highest BCUT2D eigenvalue weighted by molar-refractivity contribution is 7.15. The summed E-state index contributed by atoms with van der Waals surface area (Å²) >= 11 is 1.39. The second kappa shape index (κ2) is 8.94. The monoisotopic (exact) mass is 510 g/mol. The molecule has 188 valence electrons. The first kappa shape index (κ1) is 24.3. The minimum atomic E-state index is -0.722. The van der Waals surface area contributed by atoms with Gasteiger partial charge in [-0.25, -0.2) is 9.18 Å². The van der Waals surface area contributed by atoms with Crippen LogP contribution in [0.4, 0.5) is 4.39 Å². The molecule has 1 fully saturated rings. The smallest absolute Gasteiger partial charge is 0.343 e. The first-order chi connectivity index (χ1) is 17.2. The fraction of sp³-hybridized carbons (Fsp3) is 0.462. The fourth-order valence-electron chi connectivity index (χ4n) is 5.08. The van der Waals surface area contributed by atoms with E-state index < -0.39 is 17.2 Å². The molecule has 2 aliphatic rings. The van der Waals surface area contributed by atoms with E-state index in [1.54, 1.807) is 6.92 Å². The van der Waals surface area contributed by atoms with Gasteiger partial charge in [0.1, 0.15) is 11.4 Å². The van der Waals surface area contributed by atoms with Gasteiger partial charge in [0.2, 0.25) is 5.43 Å². The zero-order valence-corrected chi connectivity index (χ0v) is 21.4. The third kappa shape index (κ3) is 3.85. The van der Waals surface area contributed by atoms with Gasteiger partial charge in [-0.1, -0.05) is 19.0 Å². The van der Waals surface area contributed by atoms with Gasteiger partial charge in [0.05, 0.1) is 36.2 Å². The van der Waals surface area contributed by atoms with Gasteiger partial charge >= 0.3 is 5.97 Å². The van der Waals surface area contributed by atoms with Crippen molar-refractivity contribution in [2.75, 3.05) is 13.7 Å². The molecule has 2 heterocycles. The second-order valence-electron chi connectivity index (χ2n) is 9.99. The number of halogens is 1. The number of aryl methyl sites for hydroxylation is 1. The Hall–Kier alpha value is -3.36. The van der Waals surface area contributed by atoms with Crippen molar-refractivity contribution in [3.05, 3.63) is 60.8 Å². The molecule has 1 aromatic carbocycles. The zero-order valence-electron chi connectivity index (χ0n) is 20.6. The summed E-state index contributed by atoms with van der Waals surface area (Å²) < 4.78 is 28.5. The molecule has 0 bridgehead atoms. The van der Waals surface area contributed by atoms with Crippen LogP contribution in [0.25, 0.3) is 31.8 Å². The summed E-state index contributed by atoms with van der Waals surface area (Å²) in [5.41, 5.74) is 10.0. The number of pyridine rings is 1. The number of benzene rings is 1. The maximum absolute atomic E-state index is 15.8. The van der Waals surface area contributed by atoms with E-state index in [-0.39, 0.29) is 46.4 Å². The predicted molar refractivity (Wildman–Crippen MR) is 136 cm³/mol.